The lowest BCUT2D eigenvalue weighted by Gasteiger charge is -2.27. The molecule has 0 saturated heterocycles. The Morgan fingerprint density at radius 2 is 1.86 bits per heavy atom. The van der Waals surface area contributed by atoms with Crippen molar-refractivity contribution in [3.8, 4) is 0 Å². The molecule has 0 aliphatic rings. The van der Waals surface area contributed by atoms with Gasteiger partial charge in [0.15, 0.2) is 5.82 Å². The summed E-state index contributed by atoms with van der Waals surface area (Å²) in [4.78, 5) is 13.0. The molecule has 3 aromatic carbocycles. The first kappa shape index (κ1) is 25.0. The van der Waals surface area contributed by atoms with Crippen molar-refractivity contribution in [2.45, 2.75) is 13.0 Å². The van der Waals surface area contributed by atoms with Gasteiger partial charge >= 0.3 is 0 Å². The molecule has 7 nitrogen and oxygen atoms in total. The fraction of sp³-hybridized carbons (Fsp3) is 0.0870. The smallest absolute Gasteiger partial charge is 0.253 e. The maximum Gasteiger partial charge on any atom is 0.253 e. The minimum absolute atomic E-state index is 0.0126. The van der Waals surface area contributed by atoms with Crippen LogP contribution >= 0.6 is 27.7 Å². The second-order valence-corrected chi connectivity index (χ2v) is 9.53. The van der Waals surface area contributed by atoms with Crippen molar-refractivity contribution < 1.29 is 22.3 Å². The third kappa shape index (κ3) is 5.96. The topological polar surface area (TPSA) is 98.2 Å². The Balaban J connectivity index is 1.67. The van der Waals surface area contributed by atoms with E-state index in [4.69, 9.17) is 0 Å². The molecule has 35 heavy (non-hydrogen) atoms. The molecule has 0 spiro atoms. The van der Waals surface area contributed by atoms with Crippen LogP contribution in [0.5, 0.6) is 0 Å². The number of hydrogen-bond donors (Lipinski definition) is 1. The highest BCUT2D eigenvalue weighted by atomic mass is 79.9. The largest absolute Gasteiger partial charge is 0.755 e. The number of halogens is 3. The molecule has 4 aromatic rings. The van der Waals surface area contributed by atoms with Crippen molar-refractivity contribution in [3.63, 3.8) is 0 Å². The quantitative estimate of drug-likeness (QED) is 0.296. The summed E-state index contributed by atoms with van der Waals surface area (Å²) in [5.74, 6) is -2.12. The van der Waals surface area contributed by atoms with E-state index >= 15 is 0 Å². The van der Waals surface area contributed by atoms with E-state index in [-0.39, 0.29) is 29.2 Å². The number of carbonyl (C=O) groups is 1. The van der Waals surface area contributed by atoms with Crippen molar-refractivity contribution in [2.75, 3.05) is 4.31 Å². The SMILES string of the molecule is O=C(NCc1ccc(F)cc1F)c1ccc(Br)cc1N(c1nsnc1Cc1ccccc1)S(=O)[O-]. The van der Waals surface area contributed by atoms with Crippen LogP contribution < -0.4 is 9.62 Å². The molecule has 1 atom stereocenters. The van der Waals surface area contributed by atoms with Gasteiger partial charge in [-0.1, -0.05) is 52.3 Å². The number of anilines is 2. The van der Waals surface area contributed by atoms with Crippen LogP contribution in [-0.2, 0) is 24.2 Å². The average molecular weight is 578 g/mol. The van der Waals surface area contributed by atoms with Gasteiger partial charge in [0.05, 0.1) is 34.2 Å². The lowest BCUT2D eigenvalue weighted by molar-refractivity contribution is 0.0951. The Hall–Kier alpha value is -3.06. The third-order valence-corrected chi connectivity index (χ3v) is 6.69. The zero-order valence-corrected chi connectivity index (χ0v) is 21.0. The second-order valence-electron chi connectivity index (χ2n) is 7.29. The van der Waals surface area contributed by atoms with Gasteiger partial charge in [0.25, 0.3) is 5.91 Å². The van der Waals surface area contributed by atoms with Gasteiger partial charge in [0.1, 0.15) is 17.3 Å². The van der Waals surface area contributed by atoms with Gasteiger partial charge in [-0.3, -0.25) is 13.3 Å². The molecule has 0 aliphatic heterocycles. The Kier molecular flexibility index (Phi) is 7.96. The predicted octanol–water partition coefficient (Wildman–Crippen LogP) is 5.03. The van der Waals surface area contributed by atoms with Crippen molar-refractivity contribution in [1.82, 2.24) is 14.1 Å². The van der Waals surface area contributed by atoms with Gasteiger partial charge in [-0.2, -0.15) is 8.75 Å². The van der Waals surface area contributed by atoms with Crippen molar-refractivity contribution in [3.05, 3.63) is 105 Å². The Bertz CT molecular complexity index is 1390. The van der Waals surface area contributed by atoms with Crippen LogP contribution in [-0.4, -0.2) is 23.4 Å². The number of benzene rings is 3. The van der Waals surface area contributed by atoms with E-state index in [9.17, 15) is 22.3 Å². The monoisotopic (exact) mass is 577 g/mol. The molecule has 0 bridgehead atoms. The number of aromatic nitrogens is 2. The maximum absolute atomic E-state index is 14.0. The molecule has 1 heterocycles. The van der Waals surface area contributed by atoms with Crippen molar-refractivity contribution in [1.29, 1.82) is 0 Å². The maximum atomic E-state index is 14.0. The van der Waals surface area contributed by atoms with E-state index in [1.54, 1.807) is 6.07 Å². The van der Waals surface area contributed by atoms with Crippen LogP contribution in [0.2, 0.25) is 0 Å². The Morgan fingerprint density at radius 1 is 1.09 bits per heavy atom. The lowest BCUT2D eigenvalue weighted by Crippen LogP contribution is -2.28. The number of carbonyl (C=O) groups excluding carboxylic acids is 1. The number of nitrogens with one attached hydrogen (secondary N) is 1. The Morgan fingerprint density at radius 3 is 2.57 bits per heavy atom. The van der Waals surface area contributed by atoms with Crippen LogP contribution in [0.25, 0.3) is 0 Å². The van der Waals surface area contributed by atoms with Gasteiger partial charge in [-0.25, -0.2) is 8.78 Å². The second kappa shape index (κ2) is 11.1. The highest BCUT2D eigenvalue weighted by molar-refractivity contribution is 9.10. The van der Waals surface area contributed by atoms with Crippen LogP contribution in [0.1, 0.15) is 27.2 Å². The van der Waals surface area contributed by atoms with E-state index in [0.29, 0.717) is 16.6 Å². The normalized spacial score (nSPS) is 11.8. The predicted molar refractivity (Wildman–Crippen MR) is 132 cm³/mol. The van der Waals surface area contributed by atoms with Gasteiger partial charge in [-0.05, 0) is 29.8 Å². The first-order chi connectivity index (χ1) is 16.8. The minimum Gasteiger partial charge on any atom is -0.755 e. The first-order valence-corrected chi connectivity index (χ1v) is 12.7. The molecule has 1 aromatic heterocycles. The molecule has 12 heteroatoms. The molecule has 0 aliphatic carbocycles. The molecule has 0 radical (unpaired) electrons. The molecule has 1 amide bonds. The third-order valence-electron chi connectivity index (χ3n) is 4.97. The molecule has 4 rings (SSSR count). The van der Waals surface area contributed by atoms with Crippen LogP contribution in [0.4, 0.5) is 20.3 Å². The standard InChI is InChI=1S/C23H17BrF2N4O3S2/c24-16-7-9-18(23(31)27-13-15-6-8-17(25)12-19(15)26)21(11-16)30(35(32)33)22-20(28-34-29-22)10-14-4-2-1-3-5-14/h1-9,11-12H,10,13H2,(H,27,31)(H,32,33)/p-1. The average Bonchev–Trinajstić information content (AvgIpc) is 3.26. The lowest BCUT2D eigenvalue weighted by atomic mass is 10.1. The fourth-order valence-corrected chi connectivity index (χ4v) is 4.87. The van der Waals surface area contributed by atoms with Gasteiger partial charge in [-0.15, -0.1) is 0 Å². The van der Waals surface area contributed by atoms with Gasteiger partial charge < -0.3 is 9.87 Å². The van der Waals surface area contributed by atoms with E-state index in [1.807, 2.05) is 30.3 Å². The van der Waals surface area contributed by atoms with E-state index in [2.05, 4.69) is 30.0 Å². The summed E-state index contributed by atoms with van der Waals surface area (Å²) in [6.45, 7) is -0.224. The highest BCUT2D eigenvalue weighted by Gasteiger charge is 2.24. The summed E-state index contributed by atoms with van der Waals surface area (Å²) < 4.78 is 61.8. The fourth-order valence-electron chi connectivity index (χ4n) is 3.32. The van der Waals surface area contributed by atoms with Crippen LogP contribution in [0, 0.1) is 11.6 Å². The zero-order chi connectivity index (χ0) is 24.9. The number of rotatable bonds is 8. The summed E-state index contributed by atoms with van der Waals surface area (Å²) in [7, 11) is 0. The van der Waals surface area contributed by atoms with E-state index < -0.39 is 28.8 Å². The van der Waals surface area contributed by atoms with Gasteiger partial charge in [0, 0.05) is 29.1 Å². The molecule has 180 valence electrons. The summed E-state index contributed by atoms with van der Waals surface area (Å²) in [5, 5.41) is 2.55. The highest BCUT2D eigenvalue weighted by Crippen LogP contribution is 2.34. The number of nitrogens with zero attached hydrogens (tertiary/aromatic N) is 3. The molecule has 1 unspecified atom stereocenters. The summed E-state index contributed by atoms with van der Waals surface area (Å²) >= 11 is 1.32. The van der Waals surface area contributed by atoms with Crippen LogP contribution in [0.15, 0.2) is 71.2 Å². The van der Waals surface area contributed by atoms with Crippen molar-refractivity contribution >= 4 is 56.3 Å². The van der Waals surface area contributed by atoms with Crippen molar-refractivity contribution in [2.24, 2.45) is 0 Å². The summed E-state index contributed by atoms with van der Waals surface area (Å²) in [6, 6.07) is 16.9. The molecule has 1 N–H and O–H groups in total. The number of amides is 1. The zero-order valence-electron chi connectivity index (χ0n) is 17.8. The van der Waals surface area contributed by atoms with E-state index in [1.165, 1.54) is 18.2 Å². The van der Waals surface area contributed by atoms with Crippen LogP contribution in [0.3, 0.4) is 0 Å². The van der Waals surface area contributed by atoms with Gasteiger partial charge in [0.2, 0.25) is 0 Å². The summed E-state index contributed by atoms with van der Waals surface area (Å²) in [5.41, 5.74) is 1.46. The van der Waals surface area contributed by atoms with E-state index in [0.717, 1.165) is 33.7 Å². The molecule has 0 fully saturated rings. The molecular weight excluding hydrogens is 562 g/mol. The number of hydrogen-bond acceptors (Lipinski definition) is 6. The minimum atomic E-state index is -2.85. The first-order valence-electron chi connectivity index (χ1n) is 10.1. The molecular formula is C23H16BrF2N4O3S2-. The summed E-state index contributed by atoms with van der Waals surface area (Å²) in [6.07, 6.45) is 0.333. The molecule has 0 saturated carbocycles. The Labute approximate surface area is 214 Å².